The maximum absolute atomic E-state index is 6.68. The van der Waals surface area contributed by atoms with Crippen molar-refractivity contribution in [2.24, 2.45) is 0 Å². The van der Waals surface area contributed by atoms with Crippen molar-refractivity contribution in [3.05, 3.63) is 131 Å². The summed E-state index contributed by atoms with van der Waals surface area (Å²) in [5.74, 6) is 0. The van der Waals surface area contributed by atoms with E-state index in [-0.39, 0.29) is 28.6 Å². The molecule has 7 aromatic rings. The van der Waals surface area contributed by atoms with Crippen LogP contribution >= 0.6 is 0 Å². The van der Waals surface area contributed by atoms with E-state index in [0.29, 0.717) is 0 Å². The van der Waals surface area contributed by atoms with E-state index in [2.05, 4.69) is 181 Å². The summed E-state index contributed by atoms with van der Waals surface area (Å²) in [6, 6.07) is 41.9. The molecule has 6 aromatic carbocycles. The van der Waals surface area contributed by atoms with Crippen molar-refractivity contribution >= 4 is 62.5 Å². The SMILES string of the molecule is Cc1cc2c3c(c1)N1c4c(cc(C(C)(C)C)cc4C4(C)CCCCC14C)B3N(c1ccc(C(C)(C)C)cc1-c1ccccc1)c1ccc3oc4ccccc4c3c1-2. The van der Waals surface area contributed by atoms with Crippen LogP contribution in [0.15, 0.2) is 114 Å². The lowest BCUT2D eigenvalue weighted by atomic mass is 9.42. The quantitative estimate of drug-likeness (QED) is 0.164. The molecule has 0 radical (unpaired) electrons. The number of hydrogen-bond acceptors (Lipinski definition) is 3. The first kappa shape index (κ1) is 35.0. The molecule has 4 heteroatoms. The maximum Gasteiger partial charge on any atom is 0.333 e. The van der Waals surface area contributed by atoms with Crippen LogP contribution in [-0.2, 0) is 16.2 Å². The van der Waals surface area contributed by atoms with Gasteiger partial charge in [0.2, 0.25) is 0 Å². The monoisotopic (exact) mass is 744 g/mol. The molecule has 2 atom stereocenters. The molecule has 1 aliphatic carbocycles. The molecule has 0 amide bonds. The molecular formula is C53H53BN2O. The largest absolute Gasteiger partial charge is 0.456 e. The zero-order valence-electron chi connectivity index (χ0n) is 35.1. The van der Waals surface area contributed by atoms with Crippen LogP contribution < -0.4 is 20.6 Å². The number of nitrogens with zero attached hydrogens (tertiary/aromatic N) is 2. The van der Waals surface area contributed by atoms with Gasteiger partial charge in [-0.2, -0.15) is 0 Å². The van der Waals surface area contributed by atoms with Crippen molar-refractivity contribution in [2.45, 2.75) is 110 Å². The minimum absolute atomic E-state index is 0.00454. The normalized spacial score (nSPS) is 20.8. The summed E-state index contributed by atoms with van der Waals surface area (Å²) in [6.07, 6.45) is 4.91. The number of rotatable bonds is 2. The van der Waals surface area contributed by atoms with Gasteiger partial charge in [0.05, 0.1) is 5.54 Å². The van der Waals surface area contributed by atoms with Gasteiger partial charge < -0.3 is 14.1 Å². The smallest absolute Gasteiger partial charge is 0.333 e. The predicted molar refractivity (Wildman–Crippen MR) is 243 cm³/mol. The van der Waals surface area contributed by atoms with Gasteiger partial charge in [0, 0.05) is 50.1 Å². The van der Waals surface area contributed by atoms with Crippen molar-refractivity contribution < 1.29 is 4.42 Å². The zero-order chi connectivity index (χ0) is 39.4. The molecule has 0 bridgehead atoms. The Bertz CT molecular complexity index is 2840. The number of furan rings is 1. The lowest BCUT2D eigenvalue weighted by molar-refractivity contribution is 0.195. The van der Waals surface area contributed by atoms with Crippen LogP contribution in [0.5, 0.6) is 0 Å². The fraction of sp³-hybridized carbons (Fsp3) is 0.321. The number of aryl methyl sites for hydroxylation is 1. The van der Waals surface area contributed by atoms with Crippen molar-refractivity contribution in [2.75, 3.05) is 9.71 Å². The van der Waals surface area contributed by atoms with Crippen LogP contribution in [0, 0.1) is 6.92 Å². The molecule has 284 valence electrons. The molecule has 4 aliphatic rings. The average molecular weight is 745 g/mol. The standard InChI is InChI=1S/C53H53BN2O/c1-32-27-38-46-42(23-24-45-47(46)36-19-13-14-20-44(36)57-45)56(41-22-21-34(50(2,3)4)29-37(41)33-17-11-10-12-18-33)54-40-31-35(51(5,6)7)30-39-49(40)55(43(28-32)48(38)54)53(9)26-16-15-25-52(39,53)8/h10-14,17-24,27-31H,15-16,25-26H2,1-9H3. The van der Waals surface area contributed by atoms with Crippen molar-refractivity contribution in [1.82, 2.24) is 0 Å². The molecule has 0 saturated heterocycles. The summed E-state index contributed by atoms with van der Waals surface area (Å²) in [6.45, 7) is 21.6. The number of hydrogen-bond donors (Lipinski definition) is 0. The molecule has 2 unspecified atom stereocenters. The molecule has 0 N–H and O–H groups in total. The molecule has 3 nitrogen and oxygen atoms in total. The fourth-order valence-corrected chi connectivity index (χ4v) is 11.5. The Labute approximate surface area is 338 Å². The highest BCUT2D eigenvalue weighted by molar-refractivity contribution is 6.94. The third-order valence-electron chi connectivity index (χ3n) is 14.7. The summed E-state index contributed by atoms with van der Waals surface area (Å²) in [7, 11) is 0. The molecule has 3 aliphatic heterocycles. The first-order valence-electron chi connectivity index (χ1n) is 21.3. The van der Waals surface area contributed by atoms with E-state index < -0.39 is 0 Å². The lowest BCUT2D eigenvalue weighted by Gasteiger charge is -2.53. The molecule has 1 aromatic heterocycles. The molecule has 0 spiro atoms. The average Bonchev–Trinajstić information content (AvgIpc) is 3.66. The van der Waals surface area contributed by atoms with Gasteiger partial charge in [-0.3, -0.25) is 0 Å². The second kappa shape index (κ2) is 11.5. The van der Waals surface area contributed by atoms with E-state index in [1.54, 1.807) is 5.56 Å². The van der Waals surface area contributed by atoms with Gasteiger partial charge in [0.25, 0.3) is 0 Å². The fourth-order valence-electron chi connectivity index (χ4n) is 11.5. The van der Waals surface area contributed by atoms with E-state index in [1.165, 1.54) is 109 Å². The van der Waals surface area contributed by atoms with Gasteiger partial charge in [0.1, 0.15) is 11.2 Å². The van der Waals surface area contributed by atoms with Crippen LogP contribution in [0.25, 0.3) is 44.2 Å². The molecule has 11 rings (SSSR count). The summed E-state index contributed by atoms with van der Waals surface area (Å²) in [5, 5.41) is 2.38. The van der Waals surface area contributed by atoms with E-state index in [9.17, 15) is 0 Å². The Morgan fingerprint density at radius 3 is 2.14 bits per heavy atom. The summed E-state index contributed by atoms with van der Waals surface area (Å²) in [5.41, 5.74) is 20.7. The second-order valence-corrected chi connectivity index (χ2v) is 20.2. The Morgan fingerprint density at radius 2 is 1.37 bits per heavy atom. The minimum atomic E-state index is -0.0472. The highest BCUT2D eigenvalue weighted by Crippen LogP contribution is 2.63. The van der Waals surface area contributed by atoms with Crippen LogP contribution in [0.4, 0.5) is 22.7 Å². The van der Waals surface area contributed by atoms with Crippen molar-refractivity contribution in [1.29, 1.82) is 0 Å². The lowest BCUT2D eigenvalue weighted by Crippen LogP contribution is -2.64. The minimum Gasteiger partial charge on any atom is -0.456 e. The van der Waals surface area contributed by atoms with Gasteiger partial charge in [-0.1, -0.05) is 134 Å². The number of para-hydroxylation sites is 1. The van der Waals surface area contributed by atoms with Crippen LogP contribution in [0.2, 0.25) is 0 Å². The van der Waals surface area contributed by atoms with Crippen LogP contribution in [-0.4, -0.2) is 12.4 Å². The van der Waals surface area contributed by atoms with Gasteiger partial charge in [-0.15, -0.1) is 0 Å². The number of fused-ring (bicyclic) bond motifs is 11. The van der Waals surface area contributed by atoms with E-state index in [4.69, 9.17) is 4.42 Å². The Hall–Kier alpha value is -5.22. The van der Waals surface area contributed by atoms with Crippen LogP contribution in [0.1, 0.15) is 103 Å². The molecule has 1 saturated carbocycles. The summed E-state index contributed by atoms with van der Waals surface area (Å²) < 4.78 is 6.68. The third kappa shape index (κ3) is 4.62. The number of benzene rings is 6. The number of anilines is 4. The zero-order valence-corrected chi connectivity index (χ0v) is 35.1. The topological polar surface area (TPSA) is 19.6 Å². The first-order chi connectivity index (χ1) is 27.2. The third-order valence-corrected chi connectivity index (χ3v) is 14.7. The van der Waals surface area contributed by atoms with Crippen molar-refractivity contribution in [3.8, 4) is 22.3 Å². The van der Waals surface area contributed by atoms with Gasteiger partial charge in [-0.25, -0.2) is 0 Å². The summed E-state index contributed by atoms with van der Waals surface area (Å²) in [4.78, 5) is 5.61. The van der Waals surface area contributed by atoms with Gasteiger partial charge >= 0.3 is 6.85 Å². The van der Waals surface area contributed by atoms with E-state index >= 15 is 0 Å². The molecule has 1 fully saturated rings. The van der Waals surface area contributed by atoms with Gasteiger partial charge in [0.15, 0.2) is 0 Å². The van der Waals surface area contributed by atoms with E-state index in [1.807, 2.05) is 0 Å². The van der Waals surface area contributed by atoms with Crippen molar-refractivity contribution in [3.63, 3.8) is 0 Å². The molecule has 4 heterocycles. The first-order valence-corrected chi connectivity index (χ1v) is 21.3. The second-order valence-electron chi connectivity index (χ2n) is 20.2. The van der Waals surface area contributed by atoms with Gasteiger partial charge in [-0.05, 0) is 118 Å². The Kier molecular flexibility index (Phi) is 7.04. The molecule has 57 heavy (non-hydrogen) atoms. The highest BCUT2D eigenvalue weighted by Gasteiger charge is 2.62. The maximum atomic E-state index is 6.68. The molecular weight excluding hydrogens is 691 g/mol. The summed E-state index contributed by atoms with van der Waals surface area (Å²) >= 11 is 0. The highest BCUT2D eigenvalue weighted by atomic mass is 16.3. The Morgan fingerprint density at radius 1 is 0.649 bits per heavy atom. The van der Waals surface area contributed by atoms with E-state index in [0.717, 1.165) is 11.2 Å². The predicted octanol–water partition coefficient (Wildman–Crippen LogP) is 13.1. The van der Waals surface area contributed by atoms with Crippen LogP contribution in [0.3, 0.4) is 0 Å². The Balaban J connectivity index is 1.33.